The maximum atomic E-state index is 12.8. The molecule has 7 heteroatoms. The molecule has 21 heavy (non-hydrogen) atoms. The highest BCUT2D eigenvalue weighted by atomic mass is 32.2. The summed E-state index contributed by atoms with van der Waals surface area (Å²) in [5.41, 5.74) is 1.00. The van der Waals surface area contributed by atoms with Gasteiger partial charge in [0.2, 0.25) is 0 Å². The number of hydrogen-bond donors (Lipinski definition) is 2. The molecule has 1 aliphatic carbocycles. The molecule has 2 heterocycles. The topological polar surface area (TPSA) is 86.3 Å². The highest BCUT2D eigenvalue weighted by Gasteiger charge is 2.38. The first-order valence-corrected chi connectivity index (χ1v) is 9.13. The van der Waals surface area contributed by atoms with Crippen LogP contribution >= 0.6 is 0 Å². The third-order valence-electron chi connectivity index (χ3n) is 5.03. The fourth-order valence-electron chi connectivity index (χ4n) is 3.74. The minimum atomic E-state index is -3.60. The van der Waals surface area contributed by atoms with Gasteiger partial charge in [-0.1, -0.05) is 19.3 Å². The number of H-pyrrole nitrogens is 1. The number of fused-ring (bicyclic) bond motifs is 1. The average Bonchev–Trinajstić information content (AvgIpc) is 2.88. The third-order valence-corrected chi connectivity index (χ3v) is 6.87. The number of aliphatic hydroxyl groups is 1. The fourth-order valence-corrected chi connectivity index (χ4v) is 5.41. The highest BCUT2D eigenvalue weighted by molar-refractivity contribution is 7.89. The van der Waals surface area contributed by atoms with Gasteiger partial charge in [-0.25, -0.2) is 8.42 Å². The Hall–Kier alpha value is -0.920. The predicted molar refractivity (Wildman–Crippen MR) is 78.1 cm³/mol. The monoisotopic (exact) mass is 313 g/mol. The second-order valence-electron chi connectivity index (χ2n) is 6.25. The Bertz CT molecular complexity index is 611. The molecule has 0 aromatic carbocycles. The molecule has 0 radical (unpaired) electrons. The largest absolute Gasteiger partial charge is 0.392 e. The number of aromatic nitrogens is 2. The van der Waals surface area contributed by atoms with Gasteiger partial charge in [0.15, 0.2) is 5.03 Å². The van der Waals surface area contributed by atoms with E-state index in [1.165, 1.54) is 19.3 Å². The number of nitrogens with one attached hydrogen (secondary N) is 1. The van der Waals surface area contributed by atoms with E-state index in [1.807, 2.05) is 0 Å². The van der Waals surface area contributed by atoms with Crippen LogP contribution in [-0.4, -0.2) is 41.1 Å². The molecule has 1 saturated heterocycles. The Labute approximate surface area is 125 Å². The molecule has 0 spiro atoms. The van der Waals surface area contributed by atoms with E-state index in [-0.39, 0.29) is 11.6 Å². The Balaban J connectivity index is 1.85. The molecular formula is C14H23N3O3S. The van der Waals surface area contributed by atoms with Crippen LogP contribution in [0.25, 0.3) is 0 Å². The number of sulfonamides is 1. The first kappa shape index (κ1) is 15.0. The van der Waals surface area contributed by atoms with E-state index in [0.29, 0.717) is 36.2 Å². The van der Waals surface area contributed by atoms with Gasteiger partial charge in [-0.2, -0.15) is 9.40 Å². The summed E-state index contributed by atoms with van der Waals surface area (Å²) in [7, 11) is -3.60. The van der Waals surface area contributed by atoms with Gasteiger partial charge in [-0.05, 0) is 31.6 Å². The molecule has 1 saturated carbocycles. The first-order chi connectivity index (χ1) is 10.0. The number of piperidine rings is 1. The van der Waals surface area contributed by atoms with Crippen molar-refractivity contribution >= 4 is 10.0 Å². The summed E-state index contributed by atoms with van der Waals surface area (Å²) in [6.07, 6.45) is 5.80. The highest BCUT2D eigenvalue weighted by Crippen LogP contribution is 2.37. The normalized spacial score (nSPS) is 27.5. The number of hydrogen-bond acceptors (Lipinski definition) is 4. The van der Waals surface area contributed by atoms with Crippen LogP contribution in [-0.2, 0) is 16.6 Å². The zero-order chi connectivity index (χ0) is 15.0. The second-order valence-corrected chi connectivity index (χ2v) is 8.10. The van der Waals surface area contributed by atoms with Crippen molar-refractivity contribution in [1.82, 2.24) is 14.5 Å². The van der Waals surface area contributed by atoms with Crippen molar-refractivity contribution in [2.45, 2.75) is 50.7 Å². The molecule has 6 nitrogen and oxygen atoms in total. The molecule has 0 amide bonds. The van der Waals surface area contributed by atoms with Crippen LogP contribution in [0.4, 0.5) is 0 Å². The van der Waals surface area contributed by atoms with Crippen molar-refractivity contribution in [2.75, 3.05) is 13.1 Å². The van der Waals surface area contributed by atoms with E-state index in [4.69, 9.17) is 0 Å². The van der Waals surface area contributed by atoms with Crippen LogP contribution in [0.1, 0.15) is 43.4 Å². The smallest absolute Gasteiger partial charge is 0.262 e. The lowest BCUT2D eigenvalue weighted by atomic mass is 9.76. The van der Waals surface area contributed by atoms with Crippen LogP contribution in [0.2, 0.25) is 0 Å². The second kappa shape index (κ2) is 5.70. The Morgan fingerprint density at radius 3 is 2.71 bits per heavy atom. The lowest BCUT2D eigenvalue weighted by molar-refractivity contribution is 0.136. The molecule has 118 valence electrons. The van der Waals surface area contributed by atoms with E-state index in [0.717, 1.165) is 12.8 Å². The van der Waals surface area contributed by atoms with Crippen molar-refractivity contribution in [3.63, 3.8) is 0 Å². The Kier molecular flexibility index (Phi) is 4.07. The molecule has 1 aromatic rings. The zero-order valence-corrected chi connectivity index (χ0v) is 13.2. The maximum absolute atomic E-state index is 12.8. The van der Waals surface area contributed by atoms with Crippen LogP contribution in [0.5, 0.6) is 0 Å². The molecule has 3 rings (SSSR count). The number of aliphatic hydroxyl groups excluding tert-OH is 1. The summed E-state index contributed by atoms with van der Waals surface area (Å²) >= 11 is 0. The van der Waals surface area contributed by atoms with Crippen molar-refractivity contribution in [3.8, 4) is 0 Å². The molecule has 1 aromatic heterocycles. The molecule has 2 fully saturated rings. The van der Waals surface area contributed by atoms with E-state index < -0.39 is 10.0 Å². The van der Waals surface area contributed by atoms with E-state index >= 15 is 0 Å². The molecule has 2 unspecified atom stereocenters. The fraction of sp³-hybridized carbons (Fsp3) is 0.786. The minimum Gasteiger partial charge on any atom is -0.392 e. The minimum absolute atomic E-state index is 0.00300. The summed E-state index contributed by atoms with van der Waals surface area (Å²) in [5, 5.41) is 16.0. The zero-order valence-electron chi connectivity index (χ0n) is 12.4. The van der Waals surface area contributed by atoms with Crippen molar-refractivity contribution in [1.29, 1.82) is 0 Å². The van der Waals surface area contributed by atoms with E-state index in [1.54, 1.807) is 11.2 Å². The number of nitrogens with zero attached hydrogens (tertiary/aromatic N) is 2. The van der Waals surface area contributed by atoms with Crippen LogP contribution in [0.15, 0.2) is 5.03 Å². The lowest BCUT2D eigenvalue weighted by Gasteiger charge is -2.40. The van der Waals surface area contributed by atoms with Gasteiger partial charge < -0.3 is 5.11 Å². The van der Waals surface area contributed by atoms with Gasteiger partial charge >= 0.3 is 0 Å². The van der Waals surface area contributed by atoms with Crippen LogP contribution in [0, 0.1) is 18.8 Å². The van der Waals surface area contributed by atoms with Crippen molar-refractivity contribution < 1.29 is 13.5 Å². The van der Waals surface area contributed by atoms with Gasteiger partial charge in [0.25, 0.3) is 10.0 Å². The van der Waals surface area contributed by atoms with Crippen molar-refractivity contribution in [2.24, 2.45) is 11.8 Å². The number of rotatable bonds is 3. The first-order valence-electron chi connectivity index (χ1n) is 7.69. The van der Waals surface area contributed by atoms with Crippen LogP contribution in [0.3, 0.4) is 0 Å². The van der Waals surface area contributed by atoms with Gasteiger partial charge in [0, 0.05) is 24.3 Å². The molecule has 2 atom stereocenters. The Morgan fingerprint density at radius 1 is 1.29 bits per heavy atom. The predicted octanol–water partition coefficient (Wildman–Crippen LogP) is 1.41. The van der Waals surface area contributed by atoms with Gasteiger partial charge in [0.1, 0.15) is 0 Å². The van der Waals surface area contributed by atoms with Crippen molar-refractivity contribution in [3.05, 3.63) is 11.3 Å². The average molecular weight is 313 g/mol. The summed E-state index contributed by atoms with van der Waals surface area (Å²) in [5.74, 6) is 1.17. The van der Waals surface area contributed by atoms with Gasteiger partial charge in [-0.15, -0.1) is 0 Å². The number of aryl methyl sites for hydroxylation is 1. The molecule has 0 bridgehead atoms. The summed E-state index contributed by atoms with van der Waals surface area (Å²) < 4.78 is 27.1. The molecule has 2 aliphatic rings. The van der Waals surface area contributed by atoms with E-state index in [2.05, 4.69) is 10.2 Å². The maximum Gasteiger partial charge on any atom is 0.262 e. The standard InChI is InChI=1S/C14H23N3O3S/c1-10-13(9-18)14(16-15-10)21(19,20)17-7-6-11-4-2-3-5-12(11)8-17/h11-12,18H,2-9H2,1H3,(H,15,16). The van der Waals surface area contributed by atoms with Crippen LogP contribution < -0.4 is 0 Å². The third kappa shape index (κ3) is 2.62. The van der Waals surface area contributed by atoms with Gasteiger partial charge in [-0.3, -0.25) is 5.10 Å². The number of aromatic amines is 1. The lowest BCUT2D eigenvalue weighted by Crippen LogP contribution is -2.45. The summed E-state index contributed by atoms with van der Waals surface area (Å²) in [6.45, 7) is 2.59. The SMILES string of the molecule is Cc1[nH]nc(S(=O)(=O)N2CCC3CCCCC3C2)c1CO. The van der Waals surface area contributed by atoms with E-state index in [9.17, 15) is 13.5 Å². The summed E-state index contributed by atoms with van der Waals surface area (Å²) in [4.78, 5) is 0. The molecule has 2 N–H and O–H groups in total. The molecular weight excluding hydrogens is 290 g/mol. The summed E-state index contributed by atoms with van der Waals surface area (Å²) in [6, 6.07) is 0. The Morgan fingerprint density at radius 2 is 2.00 bits per heavy atom. The quantitative estimate of drug-likeness (QED) is 0.883. The molecule has 1 aliphatic heterocycles. The van der Waals surface area contributed by atoms with Gasteiger partial charge in [0.05, 0.1) is 6.61 Å².